The molecule has 0 saturated heterocycles. The molecule has 10 heteroatoms. The Balaban J connectivity index is 0. The van der Waals surface area contributed by atoms with Crippen LogP contribution >= 0.6 is 7.82 Å². The molecule has 0 aromatic rings. The van der Waals surface area contributed by atoms with E-state index in [0.29, 0.717) is 0 Å². The Morgan fingerprint density at radius 1 is 1.00 bits per heavy atom. The van der Waals surface area contributed by atoms with Gasteiger partial charge in [0.05, 0.1) is 13.2 Å². The standard InChI is InChI=1S/C6H10O5.H3O4P/c1-3-9-5(7)11-6(8)10-4-2;1-5(2,3)4/h3-4H2,1-2H3;(H3,1,2,3,4). The summed E-state index contributed by atoms with van der Waals surface area (Å²) in [5.74, 6) is 0. The first kappa shape index (κ1) is 17.3. The molecule has 0 aliphatic heterocycles. The maximum absolute atomic E-state index is 10.4. The van der Waals surface area contributed by atoms with E-state index < -0.39 is 20.1 Å². The molecular weight excluding hydrogens is 247 g/mol. The van der Waals surface area contributed by atoms with Gasteiger partial charge >= 0.3 is 20.1 Å². The fourth-order valence-electron chi connectivity index (χ4n) is 0.363. The van der Waals surface area contributed by atoms with E-state index in [9.17, 15) is 9.59 Å². The van der Waals surface area contributed by atoms with Crippen molar-refractivity contribution < 1.29 is 43.0 Å². The van der Waals surface area contributed by atoms with Gasteiger partial charge in [-0.3, -0.25) is 0 Å². The van der Waals surface area contributed by atoms with Crippen molar-refractivity contribution in [1.82, 2.24) is 0 Å². The summed E-state index contributed by atoms with van der Waals surface area (Å²) in [6.07, 6.45) is -2.07. The van der Waals surface area contributed by atoms with Crippen LogP contribution in [0.4, 0.5) is 9.59 Å². The van der Waals surface area contributed by atoms with Crippen LogP contribution in [-0.4, -0.2) is 40.2 Å². The average molecular weight is 260 g/mol. The van der Waals surface area contributed by atoms with E-state index >= 15 is 0 Å². The van der Waals surface area contributed by atoms with Crippen molar-refractivity contribution in [2.45, 2.75) is 13.8 Å². The number of hydrogen-bond donors (Lipinski definition) is 3. The molecule has 9 nitrogen and oxygen atoms in total. The Bertz CT molecular complexity index is 232. The minimum Gasteiger partial charge on any atom is -0.434 e. The Hall–Kier alpha value is -1.15. The Morgan fingerprint density at radius 3 is 1.44 bits per heavy atom. The van der Waals surface area contributed by atoms with Crippen LogP contribution in [0, 0.1) is 0 Å². The van der Waals surface area contributed by atoms with E-state index in [1.54, 1.807) is 13.8 Å². The Kier molecular flexibility index (Phi) is 9.82. The van der Waals surface area contributed by atoms with Gasteiger partial charge in [0.2, 0.25) is 0 Å². The van der Waals surface area contributed by atoms with E-state index in [0.717, 1.165) is 0 Å². The minimum atomic E-state index is -4.64. The molecule has 3 N–H and O–H groups in total. The van der Waals surface area contributed by atoms with Gasteiger partial charge in [0.25, 0.3) is 0 Å². The van der Waals surface area contributed by atoms with Crippen LogP contribution in [0.3, 0.4) is 0 Å². The third kappa shape index (κ3) is 23.0. The molecule has 0 heterocycles. The molecule has 0 unspecified atom stereocenters. The molecule has 0 spiro atoms. The van der Waals surface area contributed by atoms with Gasteiger partial charge in [-0.1, -0.05) is 0 Å². The van der Waals surface area contributed by atoms with Crippen molar-refractivity contribution in [2.75, 3.05) is 13.2 Å². The van der Waals surface area contributed by atoms with Crippen molar-refractivity contribution >= 4 is 20.1 Å². The molecule has 96 valence electrons. The number of hydrogen-bond acceptors (Lipinski definition) is 6. The van der Waals surface area contributed by atoms with Crippen molar-refractivity contribution in [1.29, 1.82) is 0 Å². The second-order valence-corrected chi connectivity index (χ2v) is 3.01. The van der Waals surface area contributed by atoms with Crippen LogP contribution in [0.1, 0.15) is 13.8 Å². The minimum absolute atomic E-state index is 0.165. The van der Waals surface area contributed by atoms with Gasteiger partial charge < -0.3 is 28.9 Å². The zero-order valence-electron chi connectivity index (χ0n) is 8.65. The Morgan fingerprint density at radius 2 is 1.25 bits per heavy atom. The van der Waals surface area contributed by atoms with Gasteiger partial charge in [-0.25, -0.2) is 14.2 Å². The fraction of sp³-hybridized carbons (Fsp3) is 0.667. The normalized spacial score (nSPS) is 9.56. The van der Waals surface area contributed by atoms with Crippen LogP contribution in [0.15, 0.2) is 0 Å². The third-order valence-corrected chi connectivity index (χ3v) is 0.691. The second kappa shape index (κ2) is 9.10. The molecule has 0 bridgehead atoms. The number of ether oxygens (including phenoxy) is 3. The van der Waals surface area contributed by atoms with Crippen molar-refractivity contribution in [3.05, 3.63) is 0 Å². The first-order valence-corrected chi connectivity index (χ1v) is 5.56. The van der Waals surface area contributed by atoms with Crippen LogP contribution in [-0.2, 0) is 18.8 Å². The van der Waals surface area contributed by atoms with E-state index in [1.807, 2.05) is 0 Å². The number of carbonyl (C=O) groups excluding carboxylic acids is 2. The maximum atomic E-state index is 10.4. The predicted molar refractivity (Wildman–Crippen MR) is 49.4 cm³/mol. The number of phosphoric acid groups is 1. The van der Waals surface area contributed by atoms with Crippen LogP contribution in [0.25, 0.3) is 0 Å². The van der Waals surface area contributed by atoms with Crippen molar-refractivity contribution in [3.8, 4) is 0 Å². The molecule has 0 aliphatic carbocycles. The SMILES string of the molecule is CCOC(=O)OC(=O)OCC.O=P(O)(O)O. The van der Waals surface area contributed by atoms with Gasteiger partial charge in [-0.05, 0) is 13.8 Å². The van der Waals surface area contributed by atoms with E-state index in [2.05, 4.69) is 14.2 Å². The summed E-state index contributed by atoms with van der Waals surface area (Å²) in [5.41, 5.74) is 0. The van der Waals surface area contributed by atoms with Crippen LogP contribution in [0.5, 0.6) is 0 Å². The smallest absolute Gasteiger partial charge is 0.434 e. The molecule has 0 aliphatic rings. The monoisotopic (exact) mass is 260 g/mol. The summed E-state index contributed by atoms with van der Waals surface area (Å²) in [7, 11) is -4.64. The van der Waals surface area contributed by atoms with Crippen LogP contribution in [0.2, 0.25) is 0 Å². The second-order valence-electron chi connectivity index (χ2n) is 1.98. The highest BCUT2D eigenvalue weighted by Crippen LogP contribution is 2.25. The lowest BCUT2D eigenvalue weighted by atomic mass is 10.9. The Labute approximate surface area is 91.2 Å². The maximum Gasteiger partial charge on any atom is 0.518 e. The van der Waals surface area contributed by atoms with E-state index in [1.165, 1.54) is 0 Å². The summed E-state index contributed by atoms with van der Waals surface area (Å²) in [6.45, 7) is 3.54. The van der Waals surface area contributed by atoms with Gasteiger partial charge in [0.15, 0.2) is 0 Å². The van der Waals surface area contributed by atoms with Gasteiger partial charge in [-0.2, -0.15) is 0 Å². The first-order valence-electron chi connectivity index (χ1n) is 4.00. The highest BCUT2D eigenvalue weighted by molar-refractivity contribution is 7.45. The summed E-state index contributed by atoms with van der Waals surface area (Å²) in [6, 6.07) is 0. The zero-order chi connectivity index (χ0) is 13.2. The lowest BCUT2D eigenvalue weighted by molar-refractivity contribution is 0.0409. The van der Waals surface area contributed by atoms with Crippen molar-refractivity contribution in [2.24, 2.45) is 0 Å². The van der Waals surface area contributed by atoms with E-state index in [-0.39, 0.29) is 13.2 Å². The third-order valence-electron chi connectivity index (χ3n) is 0.691. The van der Waals surface area contributed by atoms with Crippen molar-refractivity contribution in [3.63, 3.8) is 0 Å². The number of rotatable bonds is 2. The largest absolute Gasteiger partial charge is 0.518 e. The summed E-state index contributed by atoms with van der Waals surface area (Å²) < 4.78 is 21.5. The molecule has 0 rings (SSSR count). The highest BCUT2D eigenvalue weighted by Gasteiger charge is 2.10. The molecule has 0 aromatic carbocycles. The molecule has 16 heavy (non-hydrogen) atoms. The highest BCUT2D eigenvalue weighted by atomic mass is 31.2. The molecule has 0 fully saturated rings. The molecule has 0 saturated carbocycles. The summed E-state index contributed by atoms with van der Waals surface area (Å²) in [4.78, 5) is 42.3. The molecular formula is C6H13O9P. The first-order chi connectivity index (χ1) is 7.20. The molecule has 0 radical (unpaired) electrons. The molecule has 0 aromatic heterocycles. The van der Waals surface area contributed by atoms with Gasteiger partial charge in [-0.15, -0.1) is 0 Å². The lowest BCUT2D eigenvalue weighted by Crippen LogP contribution is -2.14. The average Bonchev–Trinajstić information content (AvgIpc) is 2.00. The summed E-state index contributed by atoms with van der Waals surface area (Å²) in [5, 5.41) is 0. The molecule has 0 atom stereocenters. The molecule has 0 amide bonds. The number of carbonyl (C=O) groups is 2. The lowest BCUT2D eigenvalue weighted by Gasteiger charge is -2.01. The topological polar surface area (TPSA) is 140 Å². The predicted octanol–water partition coefficient (Wildman–Crippen LogP) is 0.387. The quantitative estimate of drug-likeness (QED) is 0.365. The fourth-order valence-corrected chi connectivity index (χ4v) is 0.363. The van der Waals surface area contributed by atoms with Crippen LogP contribution < -0.4 is 0 Å². The zero-order valence-corrected chi connectivity index (χ0v) is 9.55. The van der Waals surface area contributed by atoms with E-state index in [4.69, 9.17) is 19.2 Å². The van der Waals surface area contributed by atoms with Gasteiger partial charge in [0.1, 0.15) is 0 Å². The van der Waals surface area contributed by atoms with Gasteiger partial charge in [0, 0.05) is 0 Å². The summed E-state index contributed by atoms with van der Waals surface area (Å²) >= 11 is 0.